The molecule has 5 nitrogen and oxygen atoms in total. The van der Waals surface area contributed by atoms with Gasteiger partial charge in [-0.15, -0.1) is 0 Å². The maximum Gasteiger partial charge on any atom is 0.255 e. The number of carbonyl (C=O) groups is 1. The first-order chi connectivity index (χ1) is 15.1. The Morgan fingerprint density at radius 2 is 1.74 bits per heavy atom. The van der Waals surface area contributed by atoms with Crippen molar-refractivity contribution in [2.45, 2.75) is 13.5 Å². The number of fused-ring (bicyclic) bond motifs is 1. The first-order valence-electron chi connectivity index (χ1n) is 10.0. The maximum atomic E-state index is 12.7. The van der Waals surface area contributed by atoms with E-state index in [-0.39, 0.29) is 5.91 Å². The lowest BCUT2D eigenvalue weighted by Gasteiger charge is -2.14. The first kappa shape index (κ1) is 20.4. The summed E-state index contributed by atoms with van der Waals surface area (Å²) < 4.78 is 10.7. The number of benzene rings is 3. The fourth-order valence-corrected chi connectivity index (χ4v) is 3.80. The largest absolute Gasteiger partial charge is 0.496 e. The van der Waals surface area contributed by atoms with Crippen molar-refractivity contribution in [1.29, 1.82) is 0 Å². The van der Waals surface area contributed by atoms with Crippen LogP contribution in [0.5, 0.6) is 11.5 Å². The Bertz CT molecular complexity index is 1250. The molecule has 3 aromatic carbocycles. The van der Waals surface area contributed by atoms with Crippen molar-refractivity contribution in [1.82, 2.24) is 10.3 Å². The van der Waals surface area contributed by atoms with Crippen LogP contribution < -0.4 is 14.8 Å². The van der Waals surface area contributed by atoms with E-state index in [1.54, 1.807) is 32.5 Å². The quantitative estimate of drug-likeness (QED) is 0.475. The van der Waals surface area contributed by atoms with Crippen molar-refractivity contribution in [2.75, 3.05) is 14.2 Å². The number of para-hydroxylation sites is 1. The lowest BCUT2D eigenvalue weighted by molar-refractivity contribution is 0.0948. The van der Waals surface area contributed by atoms with Crippen molar-refractivity contribution in [3.63, 3.8) is 0 Å². The molecule has 1 N–H and O–H groups in total. The normalized spacial score (nSPS) is 10.7. The van der Waals surface area contributed by atoms with Crippen molar-refractivity contribution in [2.24, 2.45) is 0 Å². The van der Waals surface area contributed by atoms with Gasteiger partial charge in [0.05, 0.1) is 19.8 Å². The average Bonchev–Trinajstić information content (AvgIpc) is 2.82. The number of hydrogen-bond acceptors (Lipinski definition) is 4. The Hall–Kier alpha value is -3.86. The van der Waals surface area contributed by atoms with E-state index < -0.39 is 0 Å². The molecule has 0 aliphatic rings. The Kier molecular flexibility index (Phi) is 5.85. The Balaban J connectivity index is 1.66. The molecular formula is C26H24N2O3. The lowest BCUT2D eigenvalue weighted by Crippen LogP contribution is -2.23. The van der Waals surface area contributed by atoms with Crippen LogP contribution in [0.3, 0.4) is 0 Å². The van der Waals surface area contributed by atoms with Gasteiger partial charge in [-0.05, 0) is 64.9 Å². The number of aromatic nitrogens is 1. The molecule has 1 heterocycles. The molecule has 0 bridgehead atoms. The molecule has 0 atom stereocenters. The molecule has 1 amide bonds. The third kappa shape index (κ3) is 4.08. The molecular weight excluding hydrogens is 388 g/mol. The summed E-state index contributed by atoms with van der Waals surface area (Å²) in [5, 5.41) is 5.10. The topological polar surface area (TPSA) is 60.5 Å². The van der Waals surface area contributed by atoms with Crippen molar-refractivity contribution in [3.05, 3.63) is 89.7 Å². The number of aryl methyl sites for hydroxylation is 1. The second kappa shape index (κ2) is 8.88. The summed E-state index contributed by atoms with van der Waals surface area (Å²) in [6, 6.07) is 19.5. The molecule has 0 unspecified atom stereocenters. The number of pyridine rings is 1. The third-order valence-corrected chi connectivity index (χ3v) is 5.41. The molecule has 0 radical (unpaired) electrons. The van der Waals surface area contributed by atoms with E-state index >= 15 is 0 Å². The van der Waals surface area contributed by atoms with Crippen LogP contribution in [0.1, 0.15) is 21.5 Å². The predicted molar refractivity (Wildman–Crippen MR) is 123 cm³/mol. The van der Waals surface area contributed by atoms with Gasteiger partial charge in [-0.25, -0.2) is 0 Å². The zero-order chi connectivity index (χ0) is 21.8. The Labute approximate surface area is 181 Å². The van der Waals surface area contributed by atoms with Gasteiger partial charge in [0.25, 0.3) is 5.91 Å². The van der Waals surface area contributed by atoms with E-state index in [0.717, 1.165) is 38.8 Å². The van der Waals surface area contributed by atoms with E-state index in [9.17, 15) is 4.79 Å². The average molecular weight is 412 g/mol. The Morgan fingerprint density at radius 1 is 0.935 bits per heavy atom. The van der Waals surface area contributed by atoms with Crippen LogP contribution in [0.4, 0.5) is 0 Å². The van der Waals surface area contributed by atoms with Gasteiger partial charge in [0, 0.05) is 24.3 Å². The molecule has 31 heavy (non-hydrogen) atoms. The number of carbonyl (C=O) groups excluding carboxylic acids is 1. The number of ether oxygens (including phenoxy) is 2. The smallest absolute Gasteiger partial charge is 0.255 e. The number of amides is 1. The van der Waals surface area contributed by atoms with Crippen LogP contribution in [-0.4, -0.2) is 25.1 Å². The van der Waals surface area contributed by atoms with Gasteiger partial charge < -0.3 is 14.8 Å². The zero-order valence-corrected chi connectivity index (χ0v) is 17.8. The molecule has 0 aliphatic carbocycles. The molecule has 0 saturated carbocycles. The standard InChI is InChI=1S/C26H24N2O3/c1-17-14-18(9-11-24(17)30-2)20-10-8-19(23-16-27-13-12-21(20)23)15-28-26(29)22-6-4-5-7-25(22)31-3/h4-14,16H,15H2,1-3H3,(H,28,29). The van der Waals surface area contributed by atoms with E-state index in [4.69, 9.17) is 9.47 Å². The number of hydrogen-bond donors (Lipinski definition) is 1. The molecule has 0 saturated heterocycles. The molecule has 0 spiro atoms. The van der Waals surface area contributed by atoms with Gasteiger partial charge >= 0.3 is 0 Å². The van der Waals surface area contributed by atoms with Crippen molar-refractivity contribution < 1.29 is 14.3 Å². The summed E-state index contributed by atoms with van der Waals surface area (Å²) in [5.74, 6) is 1.24. The summed E-state index contributed by atoms with van der Waals surface area (Å²) in [6.07, 6.45) is 3.64. The van der Waals surface area contributed by atoms with Crippen LogP contribution in [0.25, 0.3) is 21.9 Å². The summed E-state index contributed by atoms with van der Waals surface area (Å²) in [6.45, 7) is 2.43. The van der Waals surface area contributed by atoms with Crippen LogP contribution in [0, 0.1) is 6.92 Å². The van der Waals surface area contributed by atoms with Crippen LogP contribution in [0.15, 0.2) is 73.1 Å². The molecule has 0 aliphatic heterocycles. The fraction of sp³-hybridized carbons (Fsp3) is 0.154. The minimum Gasteiger partial charge on any atom is -0.496 e. The molecule has 0 fully saturated rings. The molecule has 5 heteroatoms. The SMILES string of the molecule is COc1ccc(-c2ccc(CNC(=O)c3ccccc3OC)c3cnccc23)cc1C. The van der Waals surface area contributed by atoms with Gasteiger partial charge in [0.2, 0.25) is 0 Å². The number of rotatable bonds is 6. The first-order valence-corrected chi connectivity index (χ1v) is 10.0. The van der Waals surface area contributed by atoms with Crippen LogP contribution in [0.2, 0.25) is 0 Å². The second-order valence-electron chi connectivity index (χ2n) is 7.26. The highest BCUT2D eigenvalue weighted by Crippen LogP contribution is 2.33. The van der Waals surface area contributed by atoms with Crippen LogP contribution in [-0.2, 0) is 6.54 Å². The summed E-state index contributed by atoms with van der Waals surface area (Å²) >= 11 is 0. The number of nitrogens with one attached hydrogen (secondary N) is 1. The number of methoxy groups -OCH3 is 2. The van der Waals surface area contributed by atoms with Gasteiger partial charge in [-0.3, -0.25) is 9.78 Å². The van der Waals surface area contributed by atoms with Gasteiger partial charge in [-0.2, -0.15) is 0 Å². The van der Waals surface area contributed by atoms with Crippen molar-refractivity contribution in [3.8, 4) is 22.6 Å². The van der Waals surface area contributed by atoms with Gasteiger partial charge in [0.1, 0.15) is 11.5 Å². The highest BCUT2D eigenvalue weighted by molar-refractivity contribution is 5.99. The minimum atomic E-state index is -0.177. The van der Waals surface area contributed by atoms with Crippen molar-refractivity contribution >= 4 is 16.7 Å². The predicted octanol–water partition coefficient (Wildman–Crippen LogP) is 5.16. The zero-order valence-electron chi connectivity index (χ0n) is 17.8. The molecule has 1 aromatic heterocycles. The lowest BCUT2D eigenvalue weighted by atomic mass is 9.95. The van der Waals surface area contributed by atoms with Crippen LogP contribution >= 0.6 is 0 Å². The summed E-state index contributed by atoms with van der Waals surface area (Å²) in [4.78, 5) is 17.0. The second-order valence-corrected chi connectivity index (χ2v) is 7.26. The summed E-state index contributed by atoms with van der Waals surface area (Å²) in [7, 11) is 3.24. The van der Waals surface area contributed by atoms with E-state index in [2.05, 4.69) is 28.5 Å². The molecule has 4 rings (SSSR count). The highest BCUT2D eigenvalue weighted by Gasteiger charge is 2.13. The summed E-state index contributed by atoms with van der Waals surface area (Å²) in [5.41, 5.74) is 4.82. The minimum absolute atomic E-state index is 0.177. The van der Waals surface area contributed by atoms with Gasteiger partial charge in [0.15, 0.2) is 0 Å². The maximum absolute atomic E-state index is 12.7. The molecule has 4 aromatic rings. The van der Waals surface area contributed by atoms with Gasteiger partial charge in [-0.1, -0.05) is 30.3 Å². The third-order valence-electron chi connectivity index (χ3n) is 5.41. The van der Waals surface area contributed by atoms with E-state index in [1.807, 2.05) is 43.5 Å². The number of nitrogens with zero attached hydrogens (tertiary/aromatic N) is 1. The van der Waals surface area contributed by atoms with E-state index in [0.29, 0.717) is 17.9 Å². The Morgan fingerprint density at radius 3 is 2.52 bits per heavy atom. The fourth-order valence-electron chi connectivity index (χ4n) is 3.80. The van der Waals surface area contributed by atoms with E-state index in [1.165, 1.54) is 0 Å². The monoisotopic (exact) mass is 412 g/mol. The highest BCUT2D eigenvalue weighted by atomic mass is 16.5. The molecule has 156 valence electrons.